The molecule has 0 radical (unpaired) electrons. The molecule has 0 aliphatic carbocycles. The van der Waals surface area contributed by atoms with Crippen LogP contribution in [0.2, 0.25) is 0 Å². The van der Waals surface area contributed by atoms with E-state index in [1.165, 1.54) is 10.9 Å². The summed E-state index contributed by atoms with van der Waals surface area (Å²) in [5.74, 6) is 0. The van der Waals surface area contributed by atoms with Crippen molar-refractivity contribution in [2.75, 3.05) is 19.6 Å². The lowest BCUT2D eigenvalue weighted by Crippen LogP contribution is -2.56. The van der Waals surface area contributed by atoms with Crippen LogP contribution in [-0.4, -0.2) is 35.6 Å². The van der Waals surface area contributed by atoms with E-state index in [-0.39, 0.29) is 0 Å². The molecule has 0 spiro atoms. The highest BCUT2D eigenvalue weighted by molar-refractivity contribution is 5.81. The molecule has 3 heteroatoms. The Morgan fingerprint density at radius 2 is 2.11 bits per heavy atom. The molecule has 94 valence electrons. The van der Waals surface area contributed by atoms with Crippen LogP contribution in [0, 0.1) is 0 Å². The van der Waals surface area contributed by atoms with Gasteiger partial charge in [0.05, 0.1) is 5.52 Å². The first-order valence-electron chi connectivity index (χ1n) is 6.66. The average Bonchev–Trinajstić information content (AvgIpc) is 2.36. The maximum absolute atomic E-state index is 4.42. The maximum atomic E-state index is 4.42. The van der Waals surface area contributed by atoms with Crippen LogP contribution < -0.4 is 5.32 Å². The van der Waals surface area contributed by atoms with Crippen LogP contribution in [0.15, 0.2) is 36.5 Å². The van der Waals surface area contributed by atoms with Gasteiger partial charge >= 0.3 is 0 Å². The van der Waals surface area contributed by atoms with Gasteiger partial charge < -0.3 is 5.32 Å². The van der Waals surface area contributed by atoms with Gasteiger partial charge in [-0.3, -0.25) is 9.88 Å². The second-order valence-electron chi connectivity index (χ2n) is 4.86. The van der Waals surface area contributed by atoms with Gasteiger partial charge in [-0.05, 0) is 24.2 Å². The Bertz CT molecular complexity index is 529. The fraction of sp³-hybridized carbons (Fsp3) is 0.400. The number of fused-ring (bicyclic) bond motifs is 1. The molecule has 0 saturated carbocycles. The molecule has 1 aliphatic rings. The normalized spacial score (nSPS) is 16.1. The van der Waals surface area contributed by atoms with Crippen LogP contribution in [0.4, 0.5) is 0 Å². The van der Waals surface area contributed by atoms with Gasteiger partial charge in [0.2, 0.25) is 0 Å². The van der Waals surface area contributed by atoms with E-state index in [0.717, 1.165) is 31.7 Å². The highest BCUT2D eigenvalue weighted by Gasteiger charge is 2.23. The van der Waals surface area contributed by atoms with Crippen molar-refractivity contribution in [3.63, 3.8) is 0 Å². The van der Waals surface area contributed by atoms with Crippen LogP contribution in [0.1, 0.15) is 12.5 Å². The molecule has 2 aromatic rings. The average molecular weight is 241 g/mol. The zero-order valence-electron chi connectivity index (χ0n) is 10.8. The number of pyridine rings is 1. The number of likely N-dealkylation sites (N-methyl/N-ethyl adjacent to an activating group) is 1. The van der Waals surface area contributed by atoms with Gasteiger partial charge in [0.15, 0.2) is 0 Å². The molecule has 0 unspecified atom stereocenters. The Morgan fingerprint density at radius 1 is 1.28 bits per heavy atom. The number of nitrogens with zero attached hydrogens (tertiary/aromatic N) is 2. The number of benzene rings is 1. The number of para-hydroxylation sites is 1. The predicted molar refractivity (Wildman–Crippen MR) is 74.5 cm³/mol. The molecule has 0 atom stereocenters. The third kappa shape index (κ3) is 2.11. The van der Waals surface area contributed by atoms with Crippen LogP contribution in [0.5, 0.6) is 0 Å². The lowest BCUT2D eigenvalue weighted by atomic mass is 10.1. The van der Waals surface area contributed by atoms with Crippen LogP contribution in [0.25, 0.3) is 10.9 Å². The van der Waals surface area contributed by atoms with Crippen LogP contribution in [-0.2, 0) is 6.54 Å². The lowest BCUT2D eigenvalue weighted by Gasteiger charge is -2.37. The molecule has 1 fully saturated rings. The molecule has 2 heterocycles. The summed E-state index contributed by atoms with van der Waals surface area (Å²) in [4.78, 5) is 6.96. The molecule has 1 N–H and O–H groups in total. The largest absolute Gasteiger partial charge is 0.314 e. The van der Waals surface area contributed by atoms with Crippen molar-refractivity contribution in [3.8, 4) is 0 Å². The van der Waals surface area contributed by atoms with E-state index in [1.54, 1.807) is 0 Å². The minimum Gasteiger partial charge on any atom is -0.314 e. The highest BCUT2D eigenvalue weighted by Crippen LogP contribution is 2.19. The summed E-state index contributed by atoms with van der Waals surface area (Å²) >= 11 is 0. The summed E-state index contributed by atoms with van der Waals surface area (Å²) in [6.07, 6.45) is 1.92. The van der Waals surface area contributed by atoms with Gasteiger partial charge in [-0.15, -0.1) is 0 Å². The standard InChI is InChI=1S/C15H19N3/c1-2-18(13-9-16-10-13)11-12-7-8-17-15-6-4-3-5-14(12)15/h3-8,13,16H,2,9-11H2,1H3. The fourth-order valence-electron chi connectivity index (χ4n) is 2.54. The van der Waals surface area contributed by atoms with E-state index in [4.69, 9.17) is 0 Å². The summed E-state index contributed by atoms with van der Waals surface area (Å²) < 4.78 is 0. The predicted octanol–water partition coefficient (Wildman–Crippen LogP) is 2.03. The minimum atomic E-state index is 0.696. The molecule has 0 bridgehead atoms. The summed E-state index contributed by atoms with van der Waals surface area (Å²) in [7, 11) is 0. The number of hydrogen-bond acceptors (Lipinski definition) is 3. The quantitative estimate of drug-likeness (QED) is 0.887. The van der Waals surface area contributed by atoms with Crippen LogP contribution in [0.3, 0.4) is 0 Å². The molecule has 0 amide bonds. The first-order chi connectivity index (χ1) is 8.88. The first kappa shape index (κ1) is 11.6. The molecule has 1 aliphatic heterocycles. The van der Waals surface area contributed by atoms with Crippen molar-refractivity contribution < 1.29 is 0 Å². The molecule has 18 heavy (non-hydrogen) atoms. The zero-order valence-corrected chi connectivity index (χ0v) is 10.8. The summed E-state index contributed by atoms with van der Waals surface area (Å²) in [5.41, 5.74) is 2.48. The molecular formula is C15H19N3. The Balaban J connectivity index is 1.89. The number of aromatic nitrogens is 1. The van der Waals surface area contributed by atoms with Gasteiger partial charge in [-0.2, -0.15) is 0 Å². The van der Waals surface area contributed by atoms with Gasteiger partial charge in [-0.25, -0.2) is 0 Å². The number of rotatable bonds is 4. The lowest BCUT2D eigenvalue weighted by molar-refractivity contribution is 0.146. The fourth-order valence-corrected chi connectivity index (χ4v) is 2.54. The second-order valence-corrected chi connectivity index (χ2v) is 4.86. The Kier molecular flexibility index (Phi) is 3.26. The number of hydrogen-bond donors (Lipinski definition) is 1. The van der Waals surface area contributed by atoms with Gasteiger partial charge in [0.25, 0.3) is 0 Å². The monoisotopic (exact) mass is 241 g/mol. The van der Waals surface area contributed by atoms with Crippen molar-refractivity contribution in [3.05, 3.63) is 42.1 Å². The molecule has 3 rings (SSSR count). The SMILES string of the molecule is CCN(Cc1ccnc2ccccc12)C1CNC1. The van der Waals surface area contributed by atoms with E-state index < -0.39 is 0 Å². The first-order valence-corrected chi connectivity index (χ1v) is 6.66. The third-order valence-electron chi connectivity index (χ3n) is 3.80. The van der Waals surface area contributed by atoms with Crippen molar-refractivity contribution in [1.82, 2.24) is 15.2 Å². The Hall–Kier alpha value is -1.45. The summed E-state index contributed by atoms with van der Waals surface area (Å²) in [6, 6.07) is 11.2. The zero-order chi connectivity index (χ0) is 12.4. The molecule has 3 nitrogen and oxygen atoms in total. The van der Waals surface area contributed by atoms with Gasteiger partial charge in [-0.1, -0.05) is 25.1 Å². The van der Waals surface area contributed by atoms with E-state index in [0.29, 0.717) is 6.04 Å². The second kappa shape index (κ2) is 5.04. The van der Waals surface area contributed by atoms with Gasteiger partial charge in [0.1, 0.15) is 0 Å². The van der Waals surface area contributed by atoms with Crippen molar-refractivity contribution in [2.24, 2.45) is 0 Å². The number of nitrogens with one attached hydrogen (secondary N) is 1. The summed E-state index contributed by atoms with van der Waals surface area (Å²) in [5, 5.41) is 4.63. The molecular weight excluding hydrogens is 222 g/mol. The Labute approximate surface area is 108 Å². The van der Waals surface area contributed by atoms with E-state index in [9.17, 15) is 0 Å². The van der Waals surface area contributed by atoms with Crippen molar-refractivity contribution in [1.29, 1.82) is 0 Å². The Morgan fingerprint density at radius 3 is 2.83 bits per heavy atom. The summed E-state index contributed by atoms with van der Waals surface area (Å²) in [6.45, 7) is 6.60. The smallest absolute Gasteiger partial charge is 0.0705 e. The molecule has 1 aromatic carbocycles. The molecule has 1 aromatic heterocycles. The third-order valence-corrected chi connectivity index (χ3v) is 3.80. The minimum absolute atomic E-state index is 0.696. The topological polar surface area (TPSA) is 28.2 Å². The van der Waals surface area contributed by atoms with Crippen molar-refractivity contribution in [2.45, 2.75) is 19.5 Å². The van der Waals surface area contributed by atoms with E-state index in [1.807, 2.05) is 12.3 Å². The van der Waals surface area contributed by atoms with Crippen LogP contribution >= 0.6 is 0 Å². The van der Waals surface area contributed by atoms with E-state index >= 15 is 0 Å². The van der Waals surface area contributed by atoms with E-state index in [2.05, 4.69) is 46.4 Å². The van der Waals surface area contributed by atoms with Crippen molar-refractivity contribution >= 4 is 10.9 Å². The highest BCUT2D eigenvalue weighted by atomic mass is 15.2. The maximum Gasteiger partial charge on any atom is 0.0705 e. The van der Waals surface area contributed by atoms with Gasteiger partial charge in [0, 0.05) is 37.3 Å². The molecule has 1 saturated heterocycles.